The summed E-state index contributed by atoms with van der Waals surface area (Å²) in [6.07, 6.45) is -6.06. The second-order valence-corrected chi connectivity index (χ2v) is 3.59. The predicted molar refractivity (Wildman–Crippen MR) is 35.7 cm³/mol. The summed E-state index contributed by atoms with van der Waals surface area (Å²) in [4.78, 5) is 10.2. The third-order valence-electron chi connectivity index (χ3n) is 2.70. The number of epoxide rings is 1. The normalized spacial score (nSPS) is 42.5. The molecular weight excluding hydrogens is 224 g/mol. The Bertz CT molecular complexity index is 318. The van der Waals surface area contributed by atoms with Gasteiger partial charge in [0.2, 0.25) is 0 Å². The molecule has 2 rings (SSSR count). The molecule has 0 aromatic heterocycles. The smallest absolute Gasteiger partial charge is 0.375 e. The van der Waals surface area contributed by atoms with E-state index in [0.717, 1.165) is 0 Å². The Hall–Kier alpha value is -0.890. The maximum absolute atomic E-state index is 12.9. The van der Waals surface area contributed by atoms with Crippen molar-refractivity contribution in [3.63, 3.8) is 0 Å². The zero-order chi connectivity index (χ0) is 11.6. The molecule has 2 N–H and O–H groups in total. The fourth-order valence-corrected chi connectivity index (χ4v) is 1.84. The van der Waals surface area contributed by atoms with Gasteiger partial charge in [-0.05, 0) is 0 Å². The first-order valence-corrected chi connectivity index (χ1v) is 4.03. The largest absolute Gasteiger partial charge is 0.477 e. The van der Waals surface area contributed by atoms with Gasteiger partial charge in [0.1, 0.15) is 12.2 Å². The highest BCUT2D eigenvalue weighted by atomic mass is 19.3. The van der Waals surface area contributed by atoms with Gasteiger partial charge >= 0.3 is 17.8 Å². The molecule has 1 saturated carbocycles. The molecule has 0 aromatic rings. The van der Waals surface area contributed by atoms with Gasteiger partial charge in [0.25, 0.3) is 0 Å². The van der Waals surface area contributed by atoms with E-state index in [2.05, 4.69) is 4.74 Å². The maximum atomic E-state index is 12.9. The van der Waals surface area contributed by atoms with Gasteiger partial charge in [0.15, 0.2) is 6.10 Å². The molecule has 2 fully saturated rings. The fourth-order valence-electron chi connectivity index (χ4n) is 1.84. The Balaban J connectivity index is 2.30. The molecule has 15 heavy (non-hydrogen) atoms. The summed E-state index contributed by atoms with van der Waals surface area (Å²) in [6.45, 7) is 0. The second-order valence-electron chi connectivity index (χ2n) is 3.59. The molecule has 0 amide bonds. The standard InChI is InChI=1S/C7H6F4O4/c8-6(9,5(13)14)1-2-4(15-2)7(10,11)3(1)12/h1-4,12H,(H,13,14)/t1-,2+,3-,4-/m1/s1. The summed E-state index contributed by atoms with van der Waals surface area (Å²) in [5.41, 5.74) is 0. The van der Waals surface area contributed by atoms with Crippen molar-refractivity contribution in [2.45, 2.75) is 30.2 Å². The summed E-state index contributed by atoms with van der Waals surface area (Å²) in [7, 11) is 0. The number of fused-ring (bicyclic) bond motifs is 1. The Morgan fingerprint density at radius 1 is 1.40 bits per heavy atom. The van der Waals surface area contributed by atoms with Crippen LogP contribution in [0.15, 0.2) is 0 Å². The van der Waals surface area contributed by atoms with Crippen LogP contribution in [-0.2, 0) is 9.53 Å². The lowest BCUT2D eigenvalue weighted by Gasteiger charge is -2.26. The van der Waals surface area contributed by atoms with Gasteiger partial charge in [-0.15, -0.1) is 0 Å². The number of alkyl halides is 4. The van der Waals surface area contributed by atoms with Gasteiger partial charge in [0, 0.05) is 0 Å². The van der Waals surface area contributed by atoms with Crippen molar-refractivity contribution in [3.05, 3.63) is 0 Å². The van der Waals surface area contributed by atoms with Crippen LogP contribution in [0.2, 0.25) is 0 Å². The number of rotatable bonds is 2. The van der Waals surface area contributed by atoms with Crippen LogP contribution < -0.4 is 0 Å². The van der Waals surface area contributed by atoms with Crippen molar-refractivity contribution < 1.29 is 37.3 Å². The van der Waals surface area contributed by atoms with Crippen LogP contribution in [0.1, 0.15) is 0 Å². The first kappa shape index (κ1) is 10.6. The molecule has 1 heterocycles. The molecule has 1 saturated heterocycles. The Morgan fingerprint density at radius 3 is 2.27 bits per heavy atom. The molecule has 4 atom stereocenters. The van der Waals surface area contributed by atoms with E-state index < -0.39 is 42.0 Å². The zero-order valence-corrected chi connectivity index (χ0v) is 7.03. The van der Waals surface area contributed by atoms with Gasteiger partial charge in [-0.1, -0.05) is 0 Å². The lowest BCUT2D eigenvalue weighted by atomic mass is 9.96. The maximum Gasteiger partial charge on any atom is 0.375 e. The molecule has 86 valence electrons. The van der Waals surface area contributed by atoms with Crippen LogP contribution in [0, 0.1) is 5.92 Å². The monoisotopic (exact) mass is 230 g/mol. The average molecular weight is 230 g/mol. The van der Waals surface area contributed by atoms with Crippen molar-refractivity contribution in [1.29, 1.82) is 0 Å². The number of carboxylic acid groups (broad SMARTS) is 1. The number of halogens is 4. The molecule has 0 unspecified atom stereocenters. The van der Waals surface area contributed by atoms with Crippen molar-refractivity contribution >= 4 is 5.97 Å². The molecule has 1 aliphatic heterocycles. The van der Waals surface area contributed by atoms with E-state index in [1.807, 2.05) is 0 Å². The SMILES string of the molecule is O=C(O)C(F)(F)[C@@H]1[C@@H]2O[C@H]2C(F)(F)[C@@H]1O. The number of aliphatic hydroxyl groups excluding tert-OH is 1. The van der Waals surface area contributed by atoms with Gasteiger partial charge < -0.3 is 14.9 Å². The van der Waals surface area contributed by atoms with Gasteiger partial charge in [-0.2, -0.15) is 8.78 Å². The molecule has 0 radical (unpaired) electrons. The van der Waals surface area contributed by atoms with E-state index in [0.29, 0.717) is 0 Å². The Kier molecular flexibility index (Phi) is 1.85. The van der Waals surface area contributed by atoms with Crippen LogP contribution in [0.4, 0.5) is 17.6 Å². The van der Waals surface area contributed by atoms with Crippen LogP contribution in [-0.4, -0.2) is 46.3 Å². The predicted octanol–water partition coefficient (Wildman–Crippen LogP) is 0.0997. The highest BCUT2D eigenvalue weighted by molar-refractivity contribution is 5.76. The first-order chi connectivity index (χ1) is 6.70. The van der Waals surface area contributed by atoms with Gasteiger partial charge in [0.05, 0.1) is 5.92 Å². The highest BCUT2D eigenvalue weighted by Gasteiger charge is 2.79. The molecule has 0 spiro atoms. The summed E-state index contributed by atoms with van der Waals surface area (Å²) in [5, 5.41) is 17.1. The molecule has 8 heteroatoms. The third kappa shape index (κ3) is 1.18. The number of carbonyl (C=O) groups is 1. The van der Waals surface area contributed by atoms with Crippen molar-refractivity contribution in [1.82, 2.24) is 0 Å². The van der Waals surface area contributed by atoms with E-state index in [-0.39, 0.29) is 0 Å². The summed E-state index contributed by atoms with van der Waals surface area (Å²) < 4.78 is 56.0. The van der Waals surface area contributed by atoms with E-state index in [1.54, 1.807) is 0 Å². The number of hydrogen-bond acceptors (Lipinski definition) is 3. The summed E-state index contributed by atoms with van der Waals surface area (Å²) in [6, 6.07) is 0. The lowest BCUT2D eigenvalue weighted by molar-refractivity contribution is -0.204. The van der Waals surface area contributed by atoms with Crippen LogP contribution in [0.25, 0.3) is 0 Å². The average Bonchev–Trinajstić information content (AvgIpc) is 2.79. The zero-order valence-electron chi connectivity index (χ0n) is 7.03. The Morgan fingerprint density at radius 2 is 1.93 bits per heavy atom. The Labute approximate surface area is 80.4 Å². The third-order valence-corrected chi connectivity index (χ3v) is 2.70. The minimum Gasteiger partial charge on any atom is -0.477 e. The molecule has 1 aliphatic carbocycles. The number of ether oxygens (including phenoxy) is 1. The molecule has 2 aliphatic rings. The molecule has 4 nitrogen and oxygen atoms in total. The summed E-state index contributed by atoms with van der Waals surface area (Å²) >= 11 is 0. The summed E-state index contributed by atoms with van der Waals surface area (Å²) in [5.74, 6) is -13.2. The topological polar surface area (TPSA) is 70.1 Å². The first-order valence-electron chi connectivity index (χ1n) is 4.03. The van der Waals surface area contributed by atoms with Gasteiger partial charge in [-0.25, -0.2) is 13.6 Å². The number of aliphatic hydroxyl groups is 1. The lowest BCUT2D eigenvalue weighted by Crippen LogP contribution is -2.49. The minimum absolute atomic E-state index is 1.58. The van der Waals surface area contributed by atoms with E-state index in [4.69, 9.17) is 10.2 Å². The highest BCUT2D eigenvalue weighted by Crippen LogP contribution is 2.56. The number of carboxylic acids is 1. The van der Waals surface area contributed by atoms with Crippen molar-refractivity contribution in [3.8, 4) is 0 Å². The molecule has 0 aromatic carbocycles. The van der Waals surface area contributed by atoms with Crippen LogP contribution >= 0.6 is 0 Å². The second kappa shape index (κ2) is 2.62. The van der Waals surface area contributed by atoms with E-state index in [9.17, 15) is 22.4 Å². The number of aliphatic carboxylic acids is 1. The molecular formula is C7H6F4O4. The minimum atomic E-state index is -4.42. The van der Waals surface area contributed by atoms with E-state index >= 15 is 0 Å². The van der Waals surface area contributed by atoms with Gasteiger partial charge in [-0.3, -0.25) is 0 Å². The fraction of sp³-hybridized carbons (Fsp3) is 0.857. The van der Waals surface area contributed by atoms with Crippen molar-refractivity contribution in [2.75, 3.05) is 0 Å². The van der Waals surface area contributed by atoms with Crippen LogP contribution in [0.5, 0.6) is 0 Å². The quantitative estimate of drug-likeness (QED) is 0.521. The molecule has 0 bridgehead atoms. The van der Waals surface area contributed by atoms with Crippen LogP contribution in [0.3, 0.4) is 0 Å². The van der Waals surface area contributed by atoms with Crippen molar-refractivity contribution in [2.24, 2.45) is 5.92 Å². The number of hydrogen-bond donors (Lipinski definition) is 2. The van der Waals surface area contributed by atoms with E-state index in [1.165, 1.54) is 0 Å².